The maximum atomic E-state index is 13.6. The summed E-state index contributed by atoms with van der Waals surface area (Å²) in [5.41, 5.74) is 0.965. The Labute approximate surface area is 100 Å². The molecule has 0 unspecified atom stereocenters. The average molecular weight is 243 g/mol. The van der Waals surface area contributed by atoms with E-state index < -0.39 is 0 Å². The molecule has 0 aliphatic rings. The molecule has 2 nitrogen and oxygen atoms in total. The Balaban J connectivity index is 2.68. The number of aliphatic hydroxyl groups excluding tert-OH is 1. The van der Waals surface area contributed by atoms with Crippen molar-refractivity contribution in [1.29, 1.82) is 0 Å². The van der Waals surface area contributed by atoms with Gasteiger partial charge in [-0.3, -0.25) is 0 Å². The number of halogens is 1. The summed E-state index contributed by atoms with van der Waals surface area (Å²) in [5, 5.41) is 12.0. The first-order chi connectivity index (χ1) is 7.79. The third kappa shape index (κ3) is 4.12. The molecule has 1 aromatic rings. The fourth-order valence-corrected chi connectivity index (χ4v) is 2.23. The first-order valence-electron chi connectivity index (χ1n) is 5.51. The zero-order valence-corrected chi connectivity index (χ0v) is 10.3. The Morgan fingerprint density at radius 1 is 1.44 bits per heavy atom. The Morgan fingerprint density at radius 2 is 2.25 bits per heavy atom. The maximum absolute atomic E-state index is 13.6. The Hall–Kier alpha value is -0.580. The Morgan fingerprint density at radius 3 is 2.94 bits per heavy atom. The van der Waals surface area contributed by atoms with Crippen LogP contribution >= 0.6 is 11.8 Å². The van der Waals surface area contributed by atoms with Gasteiger partial charge < -0.3 is 10.4 Å². The lowest BCUT2D eigenvalue weighted by Crippen LogP contribution is -2.14. The molecular formula is C12H18FNOS. The third-order valence-corrected chi connectivity index (χ3v) is 3.26. The topological polar surface area (TPSA) is 32.3 Å². The van der Waals surface area contributed by atoms with Crippen LogP contribution in [0.3, 0.4) is 0 Å². The van der Waals surface area contributed by atoms with Crippen LogP contribution in [0.1, 0.15) is 18.9 Å². The van der Waals surface area contributed by atoms with Crippen LogP contribution < -0.4 is 5.32 Å². The smallest absolute Gasteiger partial charge is 0.137 e. The zero-order chi connectivity index (χ0) is 11.8. The lowest BCUT2D eigenvalue weighted by atomic mass is 10.2. The highest BCUT2D eigenvalue weighted by molar-refractivity contribution is 7.99. The van der Waals surface area contributed by atoms with Crippen LogP contribution in [0.5, 0.6) is 0 Å². The molecule has 2 N–H and O–H groups in total. The lowest BCUT2D eigenvalue weighted by Gasteiger charge is -2.10. The summed E-state index contributed by atoms with van der Waals surface area (Å²) in [7, 11) is 0. The number of hydrogen-bond donors (Lipinski definition) is 2. The van der Waals surface area contributed by atoms with Crippen molar-refractivity contribution in [1.82, 2.24) is 5.32 Å². The first-order valence-corrected chi connectivity index (χ1v) is 6.50. The molecule has 4 heteroatoms. The van der Waals surface area contributed by atoms with Gasteiger partial charge in [0.15, 0.2) is 0 Å². The van der Waals surface area contributed by atoms with Gasteiger partial charge in [-0.05, 0) is 24.6 Å². The second kappa shape index (κ2) is 7.65. The van der Waals surface area contributed by atoms with E-state index in [2.05, 4.69) is 12.2 Å². The van der Waals surface area contributed by atoms with Gasteiger partial charge in [0.2, 0.25) is 0 Å². The Bertz CT molecular complexity index is 320. The summed E-state index contributed by atoms with van der Waals surface area (Å²) in [4.78, 5) is 0.653. The van der Waals surface area contributed by atoms with Crippen LogP contribution in [0.2, 0.25) is 0 Å². The van der Waals surface area contributed by atoms with E-state index >= 15 is 0 Å². The van der Waals surface area contributed by atoms with Crippen LogP contribution in [-0.2, 0) is 6.54 Å². The van der Waals surface area contributed by atoms with Gasteiger partial charge in [0.1, 0.15) is 5.82 Å². The van der Waals surface area contributed by atoms with E-state index in [0.717, 1.165) is 18.5 Å². The lowest BCUT2D eigenvalue weighted by molar-refractivity contribution is 0.322. The predicted octanol–water partition coefficient (Wildman–Crippen LogP) is 2.41. The average Bonchev–Trinajstić information content (AvgIpc) is 2.28. The minimum atomic E-state index is -0.200. The fraction of sp³-hybridized carbons (Fsp3) is 0.500. The summed E-state index contributed by atoms with van der Waals surface area (Å²) >= 11 is 1.37. The highest BCUT2D eigenvalue weighted by Crippen LogP contribution is 2.25. The second-order valence-electron chi connectivity index (χ2n) is 3.48. The minimum absolute atomic E-state index is 0.0703. The molecule has 0 amide bonds. The van der Waals surface area contributed by atoms with E-state index in [1.165, 1.54) is 17.8 Å². The number of hydrogen-bond acceptors (Lipinski definition) is 3. The quantitative estimate of drug-likeness (QED) is 0.570. The zero-order valence-electron chi connectivity index (χ0n) is 9.50. The molecule has 0 aliphatic carbocycles. The van der Waals surface area contributed by atoms with Crippen molar-refractivity contribution in [2.45, 2.75) is 24.8 Å². The van der Waals surface area contributed by atoms with E-state index in [0.29, 0.717) is 17.2 Å². The van der Waals surface area contributed by atoms with Gasteiger partial charge in [0.05, 0.1) is 6.61 Å². The number of benzene rings is 1. The molecule has 0 saturated heterocycles. The standard InChI is InChI=1S/C12H18FNOS/c1-2-6-14-9-10-4-3-5-11(13)12(10)16-8-7-15/h3-5,14-15H,2,6-9H2,1H3. The monoisotopic (exact) mass is 243 g/mol. The Kier molecular flexibility index (Phi) is 6.45. The highest BCUT2D eigenvalue weighted by atomic mass is 32.2. The molecule has 0 bridgehead atoms. The molecule has 0 saturated carbocycles. The van der Waals surface area contributed by atoms with Crippen molar-refractivity contribution in [3.8, 4) is 0 Å². The molecule has 16 heavy (non-hydrogen) atoms. The summed E-state index contributed by atoms with van der Waals surface area (Å²) in [5.74, 6) is 0.330. The third-order valence-electron chi connectivity index (χ3n) is 2.13. The van der Waals surface area contributed by atoms with Gasteiger partial charge >= 0.3 is 0 Å². The van der Waals surface area contributed by atoms with E-state index in [1.807, 2.05) is 6.07 Å². The molecule has 0 spiro atoms. The molecule has 0 aromatic heterocycles. The predicted molar refractivity (Wildman–Crippen MR) is 66.2 cm³/mol. The second-order valence-corrected chi connectivity index (χ2v) is 4.58. The molecule has 0 atom stereocenters. The van der Waals surface area contributed by atoms with Crippen LogP contribution in [-0.4, -0.2) is 24.0 Å². The molecular weight excluding hydrogens is 225 g/mol. The van der Waals surface area contributed by atoms with Gasteiger partial charge in [-0.25, -0.2) is 4.39 Å². The fourth-order valence-electron chi connectivity index (χ4n) is 1.40. The molecule has 0 heterocycles. The summed E-state index contributed by atoms with van der Waals surface area (Å²) in [6, 6.07) is 5.11. The number of thioether (sulfide) groups is 1. The van der Waals surface area contributed by atoms with E-state index in [4.69, 9.17) is 5.11 Å². The van der Waals surface area contributed by atoms with E-state index in [9.17, 15) is 4.39 Å². The molecule has 1 aromatic carbocycles. The normalized spacial score (nSPS) is 10.7. The molecule has 0 radical (unpaired) electrons. The summed E-state index contributed by atoms with van der Waals surface area (Å²) < 4.78 is 13.6. The van der Waals surface area contributed by atoms with Crippen molar-refractivity contribution in [2.24, 2.45) is 0 Å². The SMILES string of the molecule is CCCNCc1cccc(F)c1SCCO. The number of aliphatic hydroxyl groups is 1. The van der Waals surface area contributed by atoms with Crippen LogP contribution in [0.4, 0.5) is 4.39 Å². The van der Waals surface area contributed by atoms with Gasteiger partial charge in [-0.1, -0.05) is 19.1 Å². The van der Waals surface area contributed by atoms with Crippen LogP contribution in [0, 0.1) is 5.82 Å². The van der Waals surface area contributed by atoms with Crippen LogP contribution in [0.25, 0.3) is 0 Å². The van der Waals surface area contributed by atoms with Gasteiger partial charge in [-0.15, -0.1) is 11.8 Å². The van der Waals surface area contributed by atoms with Gasteiger partial charge in [0.25, 0.3) is 0 Å². The highest BCUT2D eigenvalue weighted by Gasteiger charge is 2.08. The molecule has 0 fully saturated rings. The largest absolute Gasteiger partial charge is 0.396 e. The number of nitrogens with one attached hydrogen (secondary N) is 1. The number of rotatable bonds is 7. The van der Waals surface area contributed by atoms with Crippen molar-refractivity contribution in [3.05, 3.63) is 29.6 Å². The molecule has 1 rings (SSSR count). The van der Waals surface area contributed by atoms with Crippen molar-refractivity contribution in [3.63, 3.8) is 0 Å². The molecule has 0 aliphatic heterocycles. The minimum Gasteiger partial charge on any atom is -0.396 e. The molecule has 90 valence electrons. The maximum Gasteiger partial charge on any atom is 0.137 e. The van der Waals surface area contributed by atoms with E-state index in [-0.39, 0.29) is 12.4 Å². The van der Waals surface area contributed by atoms with Crippen LogP contribution in [0.15, 0.2) is 23.1 Å². The van der Waals surface area contributed by atoms with Gasteiger partial charge in [-0.2, -0.15) is 0 Å². The summed E-state index contributed by atoms with van der Waals surface area (Å²) in [6.07, 6.45) is 1.06. The van der Waals surface area contributed by atoms with Crippen molar-refractivity contribution >= 4 is 11.8 Å². The first kappa shape index (κ1) is 13.5. The van der Waals surface area contributed by atoms with Crippen molar-refractivity contribution in [2.75, 3.05) is 18.9 Å². The van der Waals surface area contributed by atoms with E-state index in [1.54, 1.807) is 6.07 Å². The summed E-state index contributed by atoms with van der Waals surface area (Å²) in [6.45, 7) is 3.78. The van der Waals surface area contributed by atoms with Crippen molar-refractivity contribution < 1.29 is 9.50 Å². The van der Waals surface area contributed by atoms with Gasteiger partial charge in [0, 0.05) is 17.2 Å².